The third-order valence-electron chi connectivity index (χ3n) is 4.04. The van der Waals surface area contributed by atoms with Crippen molar-refractivity contribution in [3.8, 4) is 11.8 Å². The van der Waals surface area contributed by atoms with E-state index in [9.17, 15) is 5.26 Å². The molecule has 0 aliphatic rings. The fraction of sp³-hybridized carbons (Fsp3) is 0.562. The highest BCUT2D eigenvalue weighted by Gasteiger charge is 2.28. The van der Waals surface area contributed by atoms with E-state index in [4.69, 9.17) is 4.74 Å². The summed E-state index contributed by atoms with van der Waals surface area (Å²) in [6, 6.07) is 2.37. The average molecular weight is 339 g/mol. The number of halogens is 1. The molecule has 0 heterocycles. The zero-order chi connectivity index (χ0) is 15.4. The summed E-state index contributed by atoms with van der Waals surface area (Å²) in [6.07, 6.45) is 0.801. The van der Waals surface area contributed by atoms with Gasteiger partial charge >= 0.3 is 0 Å². The van der Waals surface area contributed by atoms with E-state index < -0.39 is 0 Å². The van der Waals surface area contributed by atoms with Crippen LogP contribution in [0.2, 0.25) is 0 Å². The summed E-state index contributed by atoms with van der Waals surface area (Å²) in [6.45, 7) is 8.25. The molecule has 0 saturated carbocycles. The predicted molar refractivity (Wildman–Crippen MR) is 86.1 cm³/mol. The van der Waals surface area contributed by atoms with E-state index in [1.807, 2.05) is 14.0 Å². The summed E-state index contributed by atoms with van der Waals surface area (Å²) in [4.78, 5) is 0. The highest BCUT2D eigenvalue weighted by Crippen LogP contribution is 2.41. The van der Waals surface area contributed by atoms with Gasteiger partial charge in [-0.25, -0.2) is 0 Å². The molecule has 0 aliphatic carbocycles. The van der Waals surface area contributed by atoms with Gasteiger partial charge in [0.1, 0.15) is 5.75 Å². The number of hydrogen-bond donors (Lipinski definition) is 1. The summed E-state index contributed by atoms with van der Waals surface area (Å²) >= 11 is 3.67. The Labute approximate surface area is 130 Å². The van der Waals surface area contributed by atoms with Crippen molar-refractivity contribution in [1.82, 2.24) is 5.32 Å². The second kappa shape index (κ2) is 7.10. The maximum absolute atomic E-state index is 9.39. The summed E-state index contributed by atoms with van der Waals surface area (Å²) in [5.74, 6) is 0.804. The second-order valence-corrected chi connectivity index (χ2v) is 5.84. The van der Waals surface area contributed by atoms with Crippen LogP contribution in [0.1, 0.15) is 41.6 Å². The summed E-state index contributed by atoms with van der Waals surface area (Å²) in [7, 11) is 3.59. The van der Waals surface area contributed by atoms with Crippen molar-refractivity contribution in [3.05, 3.63) is 26.7 Å². The van der Waals surface area contributed by atoms with Crippen LogP contribution in [-0.2, 0) is 0 Å². The molecule has 1 rings (SSSR count). The van der Waals surface area contributed by atoms with Crippen LogP contribution in [0.15, 0.2) is 4.47 Å². The molecule has 3 nitrogen and oxygen atoms in total. The van der Waals surface area contributed by atoms with E-state index in [-0.39, 0.29) is 12.0 Å². The minimum absolute atomic E-state index is 0.0319. The second-order valence-electron chi connectivity index (χ2n) is 5.05. The molecule has 0 bridgehead atoms. The van der Waals surface area contributed by atoms with Gasteiger partial charge < -0.3 is 10.1 Å². The molecule has 20 heavy (non-hydrogen) atoms. The normalized spacial score (nSPS) is 13.7. The van der Waals surface area contributed by atoms with Gasteiger partial charge in [-0.05, 0) is 50.9 Å². The van der Waals surface area contributed by atoms with Gasteiger partial charge in [-0.15, -0.1) is 0 Å². The highest BCUT2D eigenvalue weighted by atomic mass is 79.9. The van der Waals surface area contributed by atoms with E-state index >= 15 is 0 Å². The number of hydrogen-bond acceptors (Lipinski definition) is 3. The number of rotatable bonds is 5. The zero-order valence-electron chi connectivity index (χ0n) is 13.1. The zero-order valence-corrected chi connectivity index (χ0v) is 14.7. The Kier molecular flexibility index (Phi) is 6.04. The first-order chi connectivity index (χ1) is 9.44. The molecule has 1 aromatic rings. The largest absolute Gasteiger partial charge is 0.496 e. The molecule has 4 heteroatoms. The van der Waals surface area contributed by atoms with Crippen LogP contribution < -0.4 is 10.1 Å². The Bertz CT molecular complexity index is 535. The molecule has 0 radical (unpaired) electrons. The maximum Gasteiger partial charge on any atom is 0.127 e. The molecule has 0 amide bonds. The van der Waals surface area contributed by atoms with E-state index in [0.29, 0.717) is 0 Å². The number of benzene rings is 1. The molecule has 0 aromatic heterocycles. The van der Waals surface area contributed by atoms with Gasteiger partial charge in [-0.3, -0.25) is 0 Å². The lowest BCUT2D eigenvalue weighted by molar-refractivity contribution is 0.379. The van der Waals surface area contributed by atoms with Crippen molar-refractivity contribution in [2.75, 3.05) is 14.2 Å². The van der Waals surface area contributed by atoms with Crippen molar-refractivity contribution >= 4 is 15.9 Å². The van der Waals surface area contributed by atoms with Crippen LogP contribution in [0, 0.1) is 38.0 Å². The maximum atomic E-state index is 9.39. The van der Waals surface area contributed by atoms with Crippen molar-refractivity contribution < 1.29 is 4.74 Å². The molecule has 0 saturated heterocycles. The van der Waals surface area contributed by atoms with Crippen LogP contribution >= 0.6 is 15.9 Å². The Morgan fingerprint density at radius 3 is 2.25 bits per heavy atom. The molecule has 0 fully saturated rings. The van der Waals surface area contributed by atoms with Crippen LogP contribution in [-0.4, -0.2) is 14.2 Å². The Balaban J connectivity index is 3.61. The molecule has 1 aromatic carbocycles. The van der Waals surface area contributed by atoms with Gasteiger partial charge in [0.05, 0.1) is 25.1 Å². The minimum atomic E-state index is -0.0818. The standard InChI is InChI=1S/C16H23BrN2O/c1-7-12(8-18)15(19-5)13-11(4)14(17)9(2)10(3)16(13)20-6/h12,15,19H,7H2,1-6H3. The van der Waals surface area contributed by atoms with Gasteiger partial charge in [0.15, 0.2) is 0 Å². The highest BCUT2D eigenvalue weighted by molar-refractivity contribution is 9.10. The Morgan fingerprint density at radius 2 is 1.85 bits per heavy atom. The van der Waals surface area contributed by atoms with Crippen molar-refractivity contribution in [2.45, 2.75) is 40.2 Å². The number of ether oxygens (including phenoxy) is 1. The fourth-order valence-corrected chi connectivity index (χ4v) is 3.20. The SMILES string of the molecule is CCC(C#N)C(NC)c1c(C)c(Br)c(C)c(C)c1OC. The Hall–Kier alpha value is -1.05. The quantitative estimate of drug-likeness (QED) is 0.875. The molecule has 2 unspecified atom stereocenters. The van der Waals surface area contributed by atoms with Crippen molar-refractivity contribution in [1.29, 1.82) is 5.26 Å². The topological polar surface area (TPSA) is 45.0 Å². The third-order valence-corrected chi connectivity index (χ3v) is 5.23. The summed E-state index contributed by atoms with van der Waals surface area (Å²) in [5.41, 5.74) is 4.52. The van der Waals surface area contributed by atoms with Crippen LogP contribution in [0.25, 0.3) is 0 Å². The van der Waals surface area contributed by atoms with Gasteiger partial charge in [-0.1, -0.05) is 22.9 Å². The van der Waals surface area contributed by atoms with E-state index in [1.54, 1.807) is 7.11 Å². The van der Waals surface area contributed by atoms with E-state index in [2.05, 4.69) is 48.1 Å². The first-order valence-corrected chi connectivity index (χ1v) is 7.63. The smallest absolute Gasteiger partial charge is 0.127 e. The molecular weight excluding hydrogens is 316 g/mol. The lowest BCUT2D eigenvalue weighted by atomic mass is 9.86. The summed E-state index contributed by atoms with van der Waals surface area (Å²) in [5, 5.41) is 12.7. The number of nitriles is 1. The van der Waals surface area contributed by atoms with Crippen LogP contribution in [0.4, 0.5) is 0 Å². The molecule has 0 spiro atoms. The number of methoxy groups -OCH3 is 1. The van der Waals surface area contributed by atoms with Crippen LogP contribution in [0.3, 0.4) is 0 Å². The number of nitrogens with one attached hydrogen (secondary N) is 1. The van der Waals surface area contributed by atoms with Crippen molar-refractivity contribution in [3.63, 3.8) is 0 Å². The first-order valence-electron chi connectivity index (χ1n) is 6.84. The average Bonchev–Trinajstić information content (AvgIpc) is 2.46. The van der Waals surface area contributed by atoms with Gasteiger partial charge in [0.2, 0.25) is 0 Å². The van der Waals surface area contributed by atoms with E-state index in [1.165, 1.54) is 5.56 Å². The van der Waals surface area contributed by atoms with Crippen molar-refractivity contribution in [2.24, 2.45) is 5.92 Å². The third kappa shape index (κ3) is 2.84. The molecule has 0 aliphatic heterocycles. The molecule has 2 atom stereocenters. The molecular formula is C16H23BrN2O. The summed E-state index contributed by atoms with van der Waals surface area (Å²) < 4.78 is 6.74. The Morgan fingerprint density at radius 1 is 1.25 bits per heavy atom. The van der Waals surface area contributed by atoms with Gasteiger partial charge in [0, 0.05) is 10.0 Å². The fourth-order valence-electron chi connectivity index (χ4n) is 2.69. The molecule has 110 valence electrons. The van der Waals surface area contributed by atoms with E-state index in [0.717, 1.165) is 33.3 Å². The first kappa shape index (κ1) is 17.0. The minimum Gasteiger partial charge on any atom is -0.496 e. The molecule has 1 N–H and O–H groups in total. The van der Waals surface area contributed by atoms with Gasteiger partial charge in [-0.2, -0.15) is 5.26 Å². The lowest BCUT2D eigenvalue weighted by Gasteiger charge is -2.27. The van der Waals surface area contributed by atoms with Gasteiger partial charge in [0.25, 0.3) is 0 Å². The van der Waals surface area contributed by atoms with Crippen LogP contribution in [0.5, 0.6) is 5.75 Å². The predicted octanol–water partition coefficient (Wildman–Crippen LogP) is 4.19. The lowest BCUT2D eigenvalue weighted by Crippen LogP contribution is -2.26. The monoisotopic (exact) mass is 338 g/mol. The number of nitrogens with zero attached hydrogens (tertiary/aromatic N) is 1.